The minimum atomic E-state index is -0.394. The lowest BCUT2D eigenvalue weighted by Crippen LogP contribution is -2.30. The van der Waals surface area contributed by atoms with Crippen LogP contribution in [0.1, 0.15) is 130 Å². The second-order valence-corrected chi connectivity index (χ2v) is 16.5. The summed E-state index contributed by atoms with van der Waals surface area (Å²) in [6, 6.07) is 0. The number of hydrogen-bond donors (Lipinski definition) is 0. The van der Waals surface area contributed by atoms with E-state index in [0.29, 0.717) is 59.9 Å². The predicted molar refractivity (Wildman–Crippen MR) is 206 cm³/mol. The molecule has 0 bridgehead atoms. The number of esters is 4. The Balaban J connectivity index is 0.000000286. The lowest BCUT2D eigenvalue weighted by atomic mass is 9.69. The molecule has 53 heavy (non-hydrogen) atoms. The van der Waals surface area contributed by atoms with Gasteiger partial charge >= 0.3 is 23.9 Å². The molecular formula is C44H68O9. The topological polar surface area (TPSA) is 114 Å². The van der Waals surface area contributed by atoms with Crippen molar-refractivity contribution in [1.29, 1.82) is 0 Å². The van der Waals surface area contributed by atoms with Gasteiger partial charge in [-0.1, -0.05) is 26.3 Å². The van der Waals surface area contributed by atoms with E-state index in [9.17, 15) is 19.2 Å². The summed E-state index contributed by atoms with van der Waals surface area (Å²) in [4.78, 5) is 45.9. The summed E-state index contributed by atoms with van der Waals surface area (Å²) in [5.41, 5.74) is 1.82. The van der Waals surface area contributed by atoms with Gasteiger partial charge in [0, 0.05) is 22.3 Å². The second kappa shape index (κ2) is 22.9. The lowest BCUT2D eigenvalue weighted by molar-refractivity contribution is -0.158. The van der Waals surface area contributed by atoms with E-state index in [1.165, 1.54) is 51.4 Å². The summed E-state index contributed by atoms with van der Waals surface area (Å²) in [6.45, 7) is 22.8. The summed E-state index contributed by atoms with van der Waals surface area (Å²) in [5, 5.41) is 0. The van der Waals surface area contributed by atoms with Crippen molar-refractivity contribution in [3.63, 3.8) is 0 Å². The van der Waals surface area contributed by atoms with Crippen LogP contribution in [0.3, 0.4) is 0 Å². The third-order valence-electron chi connectivity index (χ3n) is 12.0. The van der Waals surface area contributed by atoms with Crippen molar-refractivity contribution in [2.75, 3.05) is 26.6 Å². The molecule has 0 spiro atoms. The highest BCUT2D eigenvalue weighted by Crippen LogP contribution is 2.42. The first kappa shape index (κ1) is 44.2. The molecule has 0 aliphatic heterocycles. The molecule has 9 heteroatoms. The smallest absolute Gasteiger partial charge is 0.335 e. The fourth-order valence-electron chi connectivity index (χ4n) is 8.46. The van der Waals surface area contributed by atoms with Gasteiger partial charge in [0.15, 0.2) is 6.79 Å². The summed E-state index contributed by atoms with van der Waals surface area (Å²) in [5.74, 6) is 3.47. The zero-order valence-electron chi connectivity index (χ0n) is 33.3. The second-order valence-electron chi connectivity index (χ2n) is 16.5. The van der Waals surface area contributed by atoms with Gasteiger partial charge in [-0.05, 0) is 172 Å². The van der Waals surface area contributed by atoms with Crippen LogP contribution in [0.15, 0.2) is 48.6 Å². The maximum Gasteiger partial charge on any atom is 0.335 e. The highest BCUT2D eigenvalue weighted by atomic mass is 16.7. The Labute approximate surface area is 319 Å². The van der Waals surface area contributed by atoms with Crippen molar-refractivity contribution >= 4 is 23.9 Å². The van der Waals surface area contributed by atoms with Crippen molar-refractivity contribution < 1.29 is 42.9 Å². The SMILES string of the molecule is C=C(C)C(=O)OCC1CCC(C2CCC(COC(=O)C(=C)C)CC2)CC1.C=C(C)C(=O)OCOC1CCC(C2CCC(COC(=O)C(=C)C)CC2)CC1. The van der Waals surface area contributed by atoms with Gasteiger partial charge in [0.25, 0.3) is 0 Å². The van der Waals surface area contributed by atoms with E-state index in [4.69, 9.17) is 23.7 Å². The Morgan fingerprint density at radius 3 is 0.906 bits per heavy atom. The summed E-state index contributed by atoms with van der Waals surface area (Å²) >= 11 is 0. The van der Waals surface area contributed by atoms with Crippen molar-refractivity contribution in [1.82, 2.24) is 0 Å². The van der Waals surface area contributed by atoms with Gasteiger partial charge in [0.05, 0.1) is 25.9 Å². The van der Waals surface area contributed by atoms with Gasteiger partial charge in [-0.3, -0.25) is 0 Å². The average Bonchev–Trinajstić information content (AvgIpc) is 3.16. The molecule has 0 aromatic heterocycles. The largest absolute Gasteiger partial charge is 0.462 e. The van der Waals surface area contributed by atoms with Crippen LogP contribution in [0.4, 0.5) is 0 Å². The van der Waals surface area contributed by atoms with E-state index in [1.807, 2.05) is 0 Å². The molecule has 0 amide bonds. The monoisotopic (exact) mass is 740 g/mol. The lowest BCUT2D eigenvalue weighted by Gasteiger charge is -2.37. The first-order valence-corrected chi connectivity index (χ1v) is 20.1. The fourth-order valence-corrected chi connectivity index (χ4v) is 8.46. The molecule has 0 atom stereocenters. The first-order valence-electron chi connectivity index (χ1n) is 20.1. The number of carbonyl (C=O) groups excluding carboxylic acids is 4. The van der Waals surface area contributed by atoms with Crippen LogP contribution in [0, 0.1) is 41.4 Å². The van der Waals surface area contributed by atoms with E-state index in [-0.39, 0.29) is 30.8 Å². The van der Waals surface area contributed by atoms with Gasteiger partial charge < -0.3 is 23.7 Å². The summed E-state index contributed by atoms with van der Waals surface area (Å²) < 4.78 is 26.6. The van der Waals surface area contributed by atoms with Crippen molar-refractivity contribution in [2.45, 2.75) is 137 Å². The van der Waals surface area contributed by atoms with E-state index >= 15 is 0 Å². The van der Waals surface area contributed by atoms with Gasteiger partial charge in [-0.15, -0.1) is 0 Å². The van der Waals surface area contributed by atoms with E-state index in [1.54, 1.807) is 27.7 Å². The Bertz CT molecular complexity index is 1200. The molecule has 4 rings (SSSR count). The molecule has 4 fully saturated rings. The normalized spacial score (nSPS) is 28.5. The van der Waals surface area contributed by atoms with Crippen molar-refractivity contribution in [2.24, 2.45) is 41.4 Å². The molecule has 4 aliphatic rings. The Hall–Kier alpha value is -3.20. The zero-order chi connectivity index (χ0) is 38.9. The Morgan fingerprint density at radius 1 is 0.396 bits per heavy atom. The molecule has 4 saturated carbocycles. The molecule has 0 N–H and O–H groups in total. The first-order chi connectivity index (χ1) is 25.2. The van der Waals surface area contributed by atoms with Crippen molar-refractivity contribution in [3.05, 3.63) is 48.6 Å². The molecule has 0 unspecified atom stereocenters. The van der Waals surface area contributed by atoms with Crippen LogP contribution >= 0.6 is 0 Å². The molecule has 9 nitrogen and oxygen atoms in total. The third-order valence-corrected chi connectivity index (χ3v) is 12.0. The van der Waals surface area contributed by atoms with Crippen LogP contribution in [-0.4, -0.2) is 56.6 Å². The van der Waals surface area contributed by atoms with E-state index in [0.717, 1.165) is 75.0 Å². The maximum atomic E-state index is 11.5. The molecule has 0 aromatic carbocycles. The molecule has 0 heterocycles. The third kappa shape index (κ3) is 16.0. The quantitative estimate of drug-likeness (QED) is 0.0701. The average molecular weight is 741 g/mol. The number of hydrogen-bond acceptors (Lipinski definition) is 9. The standard InChI is InChI=1S/C22H34O5.C22H34O4/c1-15(2)21(23)25-13-17-5-7-18(8-6-17)19-9-11-20(12-10-19)26-14-27-22(24)16(3)4;1-15(2)21(23)25-13-17-5-9-19(10-6-17)20-11-7-18(8-12-20)14-26-22(24)16(3)4/h17-20H,1,3,5-14H2,2,4H3;17-20H,1,3,5-14H2,2,4H3. The number of rotatable bonds is 15. The van der Waals surface area contributed by atoms with Crippen LogP contribution < -0.4 is 0 Å². The highest BCUT2D eigenvalue weighted by Gasteiger charge is 2.33. The molecule has 0 radical (unpaired) electrons. The number of carbonyl (C=O) groups is 4. The highest BCUT2D eigenvalue weighted by molar-refractivity contribution is 5.88. The van der Waals surface area contributed by atoms with Gasteiger partial charge in [-0.2, -0.15) is 0 Å². The van der Waals surface area contributed by atoms with Crippen LogP contribution in [0.25, 0.3) is 0 Å². The van der Waals surface area contributed by atoms with Crippen LogP contribution in [0.2, 0.25) is 0 Å². The molecule has 0 aromatic rings. The van der Waals surface area contributed by atoms with E-state index in [2.05, 4.69) is 26.3 Å². The van der Waals surface area contributed by atoms with Gasteiger partial charge in [0.2, 0.25) is 0 Å². The molecule has 298 valence electrons. The number of ether oxygens (including phenoxy) is 5. The van der Waals surface area contributed by atoms with Crippen LogP contribution in [0.5, 0.6) is 0 Å². The molecular weight excluding hydrogens is 672 g/mol. The van der Waals surface area contributed by atoms with E-state index < -0.39 is 5.97 Å². The summed E-state index contributed by atoms with van der Waals surface area (Å²) in [7, 11) is 0. The fraction of sp³-hybridized carbons (Fsp3) is 0.727. The summed E-state index contributed by atoms with van der Waals surface area (Å²) in [6.07, 6.45) is 19.0. The zero-order valence-corrected chi connectivity index (χ0v) is 33.3. The molecule has 4 aliphatic carbocycles. The van der Waals surface area contributed by atoms with Gasteiger partial charge in [-0.25, -0.2) is 19.2 Å². The molecule has 0 saturated heterocycles. The van der Waals surface area contributed by atoms with Gasteiger partial charge in [0.1, 0.15) is 0 Å². The Kier molecular flexibility index (Phi) is 19.1. The maximum absolute atomic E-state index is 11.5. The minimum absolute atomic E-state index is 0.0229. The predicted octanol–water partition coefficient (Wildman–Crippen LogP) is 9.40. The van der Waals surface area contributed by atoms with Crippen molar-refractivity contribution in [3.8, 4) is 0 Å². The Morgan fingerprint density at radius 2 is 0.642 bits per heavy atom. The minimum Gasteiger partial charge on any atom is -0.462 e. The van der Waals surface area contributed by atoms with Crippen LogP contribution in [-0.2, 0) is 42.9 Å².